The van der Waals surface area contributed by atoms with Crippen molar-refractivity contribution < 1.29 is 22.7 Å². The van der Waals surface area contributed by atoms with Gasteiger partial charge in [-0.25, -0.2) is 12.7 Å². The third-order valence-corrected chi connectivity index (χ3v) is 8.47. The lowest BCUT2D eigenvalue weighted by Gasteiger charge is -2.37. The lowest BCUT2D eigenvalue weighted by Crippen LogP contribution is -2.47. The normalized spacial score (nSPS) is 19.6. The molecule has 3 heterocycles. The van der Waals surface area contributed by atoms with Gasteiger partial charge in [0.25, 0.3) is 15.9 Å². The topological polar surface area (TPSA) is 79.4 Å². The largest absolute Gasteiger partial charge is 0.484 e. The summed E-state index contributed by atoms with van der Waals surface area (Å²) in [5.74, 6) is 0.924. The maximum Gasteiger partial charge on any atom is 0.269 e. The molecule has 0 atom stereocenters. The molecule has 176 valence electrons. The quantitative estimate of drug-likeness (QED) is 0.575. The van der Waals surface area contributed by atoms with Crippen molar-refractivity contribution in [3.05, 3.63) is 47.0 Å². The zero-order chi connectivity index (χ0) is 23.0. The van der Waals surface area contributed by atoms with E-state index < -0.39 is 15.9 Å². The molecule has 10 heteroatoms. The standard InChI is InChI=1S/C23H26ClN3O5S/c24-18-7-8-19(22-21(18)31-15-16-32-22)26-13-11-25(12-14-26)9-3-4-10-27-23(28)17-5-1-2-6-20(17)33(27,29)30/h1-2,5-8H,3-4,9-16H2. The third-order valence-electron chi connectivity index (χ3n) is 6.33. The van der Waals surface area contributed by atoms with Crippen LogP contribution in [0.2, 0.25) is 5.02 Å². The van der Waals surface area contributed by atoms with Crippen molar-refractivity contribution in [2.75, 3.05) is 57.4 Å². The lowest BCUT2D eigenvalue weighted by atomic mass is 10.2. The molecule has 33 heavy (non-hydrogen) atoms. The summed E-state index contributed by atoms with van der Waals surface area (Å²) in [6, 6.07) is 10.2. The predicted octanol–water partition coefficient (Wildman–Crippen LogP) is 2.86. The summed E-state index contributed by atoms with van der Waals surface area (Å²) < 4.78 is 37.8. The van der Waals surface area contributed by atoms with Gasteiger partial charge in [0.1, 0.15) is 18.1 Å². The van der Waals surface area contributed by atoms with Crippen LogP contribution in [-0.2, 0) is 10.0 Å². The first-order valence-electron chi connectivity index (χ1n) is 11.2. The Labute approximate surface area is 198 Å². The SMILES string of the molecule is O=C1c2ccccc2S(=O)(=O)N1CCCCN1CCN(c2ccc(Cl)c3c2OCCO3)CC1. The molecule has 3 aliphatic heterocycles. The first kappa shape index (κ1) is 22.3. The molecule has 0 radical (unpaired) electrons. The van der Waals surface area contributed by atoms with Crippen LogP contribution in [0, 0.1) is 0 Å². The van der Waals surface area contributed by atoms with Gasteiger partial charge in [0.05, 0.1) is 16.3 Å². The number of nitrogens with zero attached hydrogens (tertiary/aromatic N) is 3. The van der Waals surface area contributed by atoms with Gasteiger partial charge in [-0.15, -0.1) is 0 Å². The van der Waals surface area contributed by atoms with E-state index in [9.17, 15) is 13.2 Å². The highest BCUT2D eigenvalue weighted by Crippen LogP contribution is 2.44. The minimum Gasteiger partial charge on any atom is -0.484 e. The number of piperazine rings is 1. The number of unbranched alkanes of at least 4 members (excludes halogenated alkanes) is 1. The fourth-order valence-electron chi connectivity index (χ4n) is 4.59. The first-order valence-corrected chi connectivity index (χ1v) is 13.0. The lowest BCUT2D eigenvalue weighted by molar-refractivity contribution is 0.0868. The number of carbonyl (C=O) groups excluding carboxylic acids is 1. The number of hydrogen-bond acceptors (Lipinski definition) is 7. The minimum atomic E-state index is -3.72. The fourth-order valence-corrected chi connectivity index (χ4v) is 6.40. The third kappa shape index (κ3) is 4.13. The van der Waals surface area contributed by atoms with E-state index in [1.807, 2.05) is 12.1 Å². The highest BCUT2D eigenvalue weighted by molar-refractivity contribution is 7.90. The van der Waals surface area contributed by atoms with Crippen molar-refractivity contribution >= 4 is 33.2 Å². The van der Waals surface area contributed by atoms with Crippen LogP contribution in [0.15, 0.2) is 41.3 Å². The van der Waals surface area contributed by atoms with Gasteiger partial charge in [-0.3, -0.25) is 9.69 Å². The molecule has 0 aromatic heterocycles. The van der Waals surface area contributed by atoms with Gasteiger partial charge in [-0.1, -0.05) is 23.7 Å². The Bertz CT molecular complexity index is 1160. The Kier molecular flexibility index (Phi) is 6.11. The van der Waals surface area contributed by atoms with E-state index in [0.29, 0.717) is 30.4 Å². The molecule has 2 aromatic rings. The van der Waals surface area contributed by atoms with E-state index in [2.05, 4.69) is 9.80 Å². The molecule has 5 rings (SSSR count). The van der Waals surface area contributed by atoms with Crippen molar-refractivity contribution in [1.29, 1.82) is 0 Å². The van der Waals surface area contributed by atoms with Gasteiger partial charge < -0.3 is 14.4 Å². The van der Waals surface area contributed by atoms with Gasteiger partial charge in [-0.2, -0.15) is 0 Å². The molecule has 0 N–H and O–H groups in total. The molecular weight excluding hydrogens is 466 g/mol. The Morgan fingerprint density at radius 2 is 1.58 bits per heavy atom. The highest BCUT2D eigenvalue weighted by Gasteiger charge is 2.40. The fraction of sp³-hybridized carbons (Fsp3) is 0.435. The van der Waals surface area contributed by atoms with Crippen LogP contribution in [0.25, 0.3) is 0 Å². The Morgan fingerprint density at radius 3 is 2.33 bits per heavy atom. The van der Waals surface area contributed by atoms with Crippen LogP contribution >= 0.6 is 11.6 Å². The molecule has 0 saturated carbocycles. The van der Waals surface area contributed by atoms with Crippen LogP contribution in [0.1, 0.15) is 23.2 Å². The molecule has 1 saturated heterocycles. The molecule has 3 aliphatic rings. The molecule has 1 amide bonds. The summed E-state index contributed by atoms with van der Waals surface area (Å²) in [5, 5.41) is 0.564. The number of carbonyl (C=O) groups is 1. The molecule has 8 nitrogen and oxygen atoms in total. The highest BCUT2D eigenvalue weighted by atomic mass is 35.5. The smallest absolute Gasteiger partial charge is 0.269 e. The van der Waals surface area contributed by atoms with Gasteiger partial charge in [0, 0.05) is 32.7 Å². The second kappa shape index (κ2) is 9.04. The zero-order valence-corrected chi connectivity index (χ0v) is 19.8. The average molecular weight is 492 g/mol. The monoisotopic (exact) mass is 491 g/mol. The maximum atomic E-state index is 12.6. The molecule has 0 unspecified atom stereocenters. The molecular formula is C23H26ClN3O5S. The number of anilines is 1. The van der Waals surface area contributed by atoms with Crippen molar-refractivity contribution in [2.24, 2.45) is 0 Å². The Morgan fingerprint density at radius 1 is 0.879 bits per heavy atom. The number of ether oxygens (including phenoxy) is 2. The summed E-state index contributed by atoms with van der Waals surface area (Å²) >= 11 is 6.25. The van der Waals surface area contributed by atoms with Crippen molar-refractivity contribution in [2.45, 2.75) is 17.7 Å². The van der Waals surface area contributed by atoms with Gasteiger partial charge in [0.15, 0.2) is 11.5 Å². The van der Waals surface area contributed by atoms with Gasteiger partial charge >= 0.3 is 0 Å². The number of halogens is 1. The molecule has 2 aromatic carbocycles. The van der Waals surface area contributed by atoms with Crippen molar-refractivity contribution in [1.82, 2.24) is 9.21 Å². The van der Waals surface area contributed by atoms with Crippen molar-refractivity contribution in [3.63, 3.8) is 0 Å². The van der Waals surface area contributed by atoms with Crippen LogP contribution in [0.5, 0.6) is 11.5 Å². The van der Waals surface area contributed by atoms with E-state index in [0.717, 1.165) is 54.9 Å². The number of rotatable bonds is 6. The van der Waals surface area contributed by atoms with Crippen LogP contribution in [0.3, 0.4) is 0 Å². The Hall–Kier alpha value is -2.49. The van der Waals surface area contributed by atoms with E-state index in [1.54, 1.807) is 18.2 Å². The number of hydrogen-bond donors (Lipinski definition) is 0. The Balaban J connectivity index is 1.11. The number of benzene rings is 2. The summed E-state index contributed by atoms with van der Waals surface area (Å²) in [6.45, 7) is 5.58. The van der Waals surface area contributed by atoms with E-state index >= 15 is 0 Å². The molecule has 0 bridgehead atoms. The van der Waals surface area contributed by atoms with Gasteiger partial charge in [-0.05, 0) is 43.7 Å². The van der Waals surface area contributed by atoms with E-state index in [1.165, 1.54) is 6.07 Å². The van der Waals surface area contributed by atoms with Crippen LogP contribution < -0.4 is 14.4 Å². The maximum absolute atomic E-state index is 12.6. The van der Waals surface area contributed by atoms with Crippen molar-refractivity contribution in [3.8, 4) is 11.5 Å². The number of amides is 1. The minimum absolute atomic E-state index is 0.116. The van der Waals surface area contributed by atoms with Crippen LogP contribution in [-0.4, -0.2) is 76.0 Å². The molecule has 1 fully saturated rings. The summed E-state index contributed by atoms with van der Waals surface area (Å²) in [7, 11) is -3.72. The second-order valence-electron chi connectivity index (χ2n) is 8.34. The number of sulfonamides is 1. The molecule has 0 aliphatic carbocycles. The van der Waals surface area contributed by atoms with Crippen LogP contribution in [0.4, 0.5) is 5.69 Å². The summed E-state index contributed by atoms with van der Waals surface area (Å²) in [5.41, 5.74) is 1.28. The molecule has 0 spiro atoms. The predicted molar refractivity (Wildman–Crippen MR) is 125 cm³/mol. The zero-order valence-electron chi connectivity index (χ0n) is 18.2. The number of fused-ring (bicyclic) bond motifs is 2. The van der Waals surface area contributed by atoms with Gasteiger partial charge in [0.2, 0.25) is 0 Å². The first-order chi connectivity index (χ1) is 16.0. The average Bonchev–Trinajstić information content (AvgIpc) is 3.03. The second-order valence-corrected chi connectivity index (χ2v) is 10.6. The van der Waals surface area contributed by atoms with E-state index in [-0.39, 0.29) is 17.0 Å². The summed E-state index contributed by atoms with van der Waals surface area (Å²) in [4.78, 5) is 17.3. The summed E-state index contributed by atoms with van der Waals surface area (Å²) in [6.07, 6.45) is 1.46. The van der Waals surface area contributed by atoms with E-state index in [4.69, 9.17) is 21.1 Å².